The third kappa shape index (κ3) is 3.70. The van der Waals surface area contributed by atoms with E-state index in [9.17, 15) is 4.79 Å². The second-order valence-corrected chi connectivity index (χ2v) is 6.93. The predicted octanol–water partition coefficient (Wildman–Crippen LogP) is 5.89. The molecule has 3 aromatic rings. The normalized spacial score (nSPS) is 16.7. The minimum atomic E-state index is 0.194. The molecule has 0 amide bonds. The first-order valence-corrected chi connectivity index (χ1v) is 9.27. The van der Waals surface area contributed by atoms with Crippen molar-refractivity contribution >= 4 is 11.4 Å². The average Bonchev–Trinajstić information content (AvgIpc) is 2.74. The lowest BCUT2D eigenvalue weighted by molar-refractivity contribution is -0.115. The van der Waals surface area contributed by atoms with Crippen molar-refractivity contribution in [1.82, 2.24) is 0 Å². The Morgan fingerprint density at radius 1 is 0.778 bits per heavy atom. The van der Waals surface area contributed by atoms with Gasteiger partial charge in [-0.05, 0) is 58.4 Å². The Labute approximate surface area is 160 Å². The second-order valence-electron chi connectivity index (χ2n) is 6.93. The Kier molecular flexibility index (Phi) is 4.88. The lowest BCUT2D eigenvalue weighted by atomic mass is 9.79. The van der Waals surface area contributed by atoms with Crippen LogP contribution in [0.5, 0.6) is 5.75 Å². The maximum Gasteiger partial charge on any atom is 0.156 e. The van der Waals surface area contributed by atoms with Crippen LogP contribution in [0, 0.1) is 0 Å². The molecule has 4 rings (SSSR count). The molecule has 1 aliphatic carbocycles. The Morgan fingerprint density at radius 2 is 1.44 bits per heavy atom. The highest BCUT2D eigenvalue weighted by atomic mass is 16.5. The summed E-state index contributed by atoms with van der Waals surface area (Å²) < 4.78 is 5.25. The van der Waals surface area contributed by atoms with Gasteiger partial charge in [0.25, 0.3) is 0 Å². The van der Waals surface area contributed by atoms with E-state index in [1.54, 1.807) is 7.11 Å². The van der Waals surface area contributed by atoms with E-state index >= 15 is 0 Å². The molecule has 0 heterocycles. The zero-order valence-electron chi connectivity index (χ0n) is 15.4. The number of benzene rings is 3. The third-order valence-electron chi connectivity index (χ3n) is 5.19. The Bertz CT molecular complexity index is 969. The summed E-state index contributed by atoms with van der Waals surface area (Å²) in [7, 11) is 1.67. The number of carbonyl (C=O) groups is 1. The smallest absolute Gasteiger partial charge is 0.156 e. The fourth-order valence-electron chi connectivity index (χ4n) is 3.82. The first-order valence-electron chi connectivity index (χ1n) is 9.27. The zero-order chi connectivity index (χ0) is 18.6. The maximum atomic E-state index is 12.5. The molecule has 0 aliphatic heterocycles. The number of methoxy groups -OCH3 is 1. The van der Waals surface area contributed by atoms with Crippen LogP contribution in [0.25, 0.3) is 16.7 Å². The van der Waals surface area contributed by atoms with E-state index in [0.29, 0.717) is 6.42 Å². The molecule has 0 radical (unpaired) electrons. The summed E-state index contributed by atoms with van der Waals surface area (Å²) in [5, 5.41) is 0. The number of allylic oxidation sites excluding steroid dienone is 2. The van der Waals surface area contributed by atoms with E-state index in [1.807, 2.05) is 42.5 Å². The van der Waals surface area contributed by atoms with Gasteiger partial charge in [0, 0.05) is 6.42 Å². The van der Waals surface area contributed by atoms with Crippen molar-refractivity contribution < 1.29 is 9.53 Å². The summed E-state index contributed by atoms with van der Waals surface area (Å²) in [5.74, 6) is 1.23. The van der Waals surface area contributed by atoms with Gasteiger partial charge in [-0.1, -0.05) is 66.7 Å². The summed E-state index contributed by atoms with van der Waals surface area (Å²) in [5.41, 5.74) is 5.80. The van der Waals surface area contributed by atoms with Crippen LogP contribution >= 0.6 is 0 Å². The lowest BCUT2D eigenvalue weighted by Crippen LogP contribution is -2.12. The standard InChI is InChI=1S/C25H22O2/c1-27-23-13-11-18(12-14-23)20-15-21(17-22(26)16-20)25-10-6-5-9-24(25)19-7-3-2-4-8-19/h2-14,17,20H,15-16H2,1H3. The van der Waals surface area contributed by atoms with Gasteiger partial charge in [0.05, 0.1) is 7.11 Å². The SMILES string of the molecule is COc1ccc(C2CC(=O)C=C(c3ccccc3-c3ccccc3)C2)cc1. The second kappa shape index (κ2) is 7.63. The lowest BCUT2D eigenvalue weighted by Gasteiger charge is -2.24. The van der Waals surface area contributed by atoms with Gasteiger partial charge >= 0.3 is 0 Å². The third-order valence-corrected chi connectivity index (χ3v) is 5.19. The van der Waals surface area contributed by atoms with E-state index in [4.69, 9.17) is 4.74 Å². The van der Waals surface area contributed by atoms with E-state index < -0.39 is 0 Å². The van der Waals surface area contributed by atoms with Crippen LogP contribution in [-0.4, -0.2) is 12.9 Å². The van der Waals surface area contributed by atoms with Crippen LogP contribution in [0.1, 0.15) is 29.9 Å². The van der Waals surface area contributed by atoms with Crippen molar-refractivity contribution in [2.75, 3.05) is 7.11 Å². The summed E-state index contributed by atoms with van der Waals surface area (Å²) >= 11 is 0. The average molecular weight is 354 g/mol. The molecule has 2 heteroatoms. The van der Waals surface area contributed by atoms with Crippen molar-refractivity contribution in [3.05, 3.63) is 96.1 Å². The minimum Gasteiger partial charge on any atom is -0.497 e. The van der Waals surface area contributed by atoms with Crippen LogP contribution in [0.4, 0.5) is 0 Å². The van der Waals surface area contributed by atoms with Crippen LogP contribution in [0.3, 0.4) is 0 Å². The molecule has 1 atom stereocenters. The van der Waals surface area contributed by atoms with Crippen molar-refractivity contribution in [3.8, 4) is 16.9 Å². The largest absolute Gasteiger partial charge is 0.497 e. The molecule has 3 aromatic carbocycles. The number of hydrogen-bond donors (Lipinski definition) is 0. The van der Waals surface area contributed by atoms with Crippen molar-refractivity contribution in [2.45, 2.75) is 18.8 Å². The quantitative estimate of drug-likeness (QED) is 0.584. The van der Waals surface area contributed by atoms with Crippen LogP contribution in [0.15, 0.2) is 84.9 Å². The van der Waals surface area contributed by atoms with Crippen molar-refractivity contribution in [3.63, 3.8) is 0 Å². The molecule has 134 valence electrons. The molecule has 1 unspecified atom stereocenters. The van der Waals surface area contributed by atoms with Gasteiger partial charge < -0.3 is 4.74 Å². The van der Waals surface area contributed by atoms with Crippen molar-refractivity contribution in [1.29, 1.82) is 0 Å². The molecular weight excluding hydrogens is 332 g/mol. The van der Waals surface area contributed by atoms with Gasteiger partial charge in [0.15, 0.2) is 5.78 Å². The molecule has 27 heavy (non-hydrogen) atoms. The first kappa shape index (κ1) is 17.3. The zero-order valence-corrected chi connectivity index (χ0v) is 15.4. The summed E-state index contributed by atoms with van der Waals surface area (Å²) in [6, 6.07) is 26.8. The van der Waals surface area contributed by atoms with Gasteiger partial charge in [-0.3, -0.25) is 4.79 Å². The molecular formula is C25H22O2. The Balaban J connectivity index is 1.69. The molecule has 0 bridgehead atoms. The van der Waals surface area contributed by atoms with Gasteiger partial charge in [0.2, 0.25) is 0 Å². The fourth-order valence-corrected chi connectivity index (χ4v) is 3.82. The molecule has 0 N–H and O–H groups in total. The van der Waals surface area contributed by atoms with Crippen LogP contribution in [0.2, 0.25) is 0 Å². The maximum absolute atomic E-state index is 12.5. The van der Waals surface area contributed by atoms with Gasteiger partial charge in [-0.25, -0.2) is 0 Å². The summed E-state index contributed by atoms with van der Waals surface area (Å²) in [4.78, 5) is 12.5. The monoisotopic (exact) mass is 354 g/mol. The van der Waals surface area contributed by atoms with Gasteiger partial charge in [-0.2, -0.15) is 0 Å². The Hall–Kier alpha value is -3.13. The number of ketones is 1. The van der Waals surface area contributed by atoms with E-state index in [1.165, 1.54) is 16.7 Å². The van der Waals surface area contributed by atoms with E-state index in [2.05, 4.69) is 42.5 Å². The topological polar surface area (TPSA) is 26.3 Å². The molecule has 0 spiro atoms. The number of carbonyl (C=O) groups excluding carboxylic acids is 1. The van der Waals surface area contributed by atoms with E-state index in [-0.39, 0.29) is 11.7 Å². The molecule has 2 nitrogen and oxygen atoms in total. The Morgan fingerprint density at radius 3 is 2.15 bits per heavy atom. The number of rotatable bonds is 4. The predicted molar refractivity (Wildman–Crippen MR) is 110 cm³/mol. The first-order chi connectivity index (χ1) is 13.2. The van der Waals surface area contributed by atoms with E-state index in [0.717, 1.165) is 23.3 Å². The molecule has 0 saturated carbocycles. The van der Waals surface area contributed by atoms with Crippen molar-refractivity contribution in [2.24, 2.45) is 0 Å². The van der Waals surface area contributed by atoms with Crippen LogP contribution in [-0.2, 0) is 4.79 Å². The van der Waals surface area contributed by atoms with Gasteiger partial charge in [-0.15, -0.1) is 0 Å². The van der Waals surface area contributed by atoms with Crippen LogP contribution < -0.4 is 4.74 Å². The van der Waals surface area contributed by atoms with Gasteiger partial charge in [0.1, 0.15) is 5.75 Å². The highest BCUT2D eigenvalue weighted by Crippen LogP contribution is 2.39. The fraction of sp³-hybridized carbons (Fsp3) is 0.160. The summed E-state index contributed by atoms with van der Waals surface area (Å²) in [6.07, 6.45) is 3.26. The minimum absolute atomic E-state index is 0.194. The highest BCUT2D eigenvalue weighted by molar-refractivity contribution is 6.01. The molecule has 0 saturated heterocycles. The number of hydrogen-bond acceptors (Lipinski definition) is 2. The molecule has 0 fully saturated rings. The molecule has 0 aromatic heterocycles. The highest BCUT2D eigenvalue weighted by Gasteiger charge is 2.24. The molecule has 1 aliphatic rings. The number of ether oxygens (including phenoxy) is 1. The summed E-state index contributed by atoms with van der Waals surface area (Å²) in [6.45, 7) is 0.